The third-order valence-electron chi connectivity index (χ3n) is 9.09. The Morgan fingerprint density at radius 3 is 1.32 bits per heavy atom. The molecule has 0 saturated carbocycles. The molecule has 10 heteroatoms. The van der Waals surface area contributed by atoms with Gasteiger partial charge in [0.25, 0.3) is 0 Å². The third kappa shape index (κ3) is 7.97. The summed E-state index contributed by atoms with van der Waals surface area (Å²) in [6.45, 7) is 15.7. The van der Waals surface area contributed by atoms with Crippen LogP contribution >= 0.6 is 24.8 Å². The normalized spacial score (nSPS) is 23.7. The molecule has 2 rings (SSSR count). The monoisotopic (exact) mass is 582 g/mol. The largest absolute Gasteiger partial charge is 0.550 e. The highest BCUT2D eigenvalue weighted by atomic mass is 35.5. The molecule has 8 nitrogen and oxygen atoms in total. The molecule has 38 heavy (non-hydrogen) atoms. The number of carbonyl (C=O) groups excluding carboxylic acids is 2. The Kier molecular flexibility index (Phi) is 13.1. The van der Waals surface area contributed by atoms with Gasteiger partial charge in [0.05, 0.1) is 0 Å². The molecule has 0 radical (unpaired) electrons. The highest BCUT2D eigenvalue weighted by Crippen LogP contribution is 2.57. The van der Waals surface area contributed by atoms with E-state index in [9.17, 15) is 30.2 Å². The van der Waals surface area contributed by atoms with Crippen molar-refractivity contribution in [2.75, 3.05) is 0 Å². The van der Waals surface area contributed by atoms with Crippen LogP contribution in [0.5, 0.6) is 0 Å². The molecular weight excluding hydrogens is 531 g/mol. The maximum atomic E-state index is 13.3. The number of nitrogens with zero attached hydrogens (tertiary/aromatic N) is 2. The standard InChI is InChI=1S/C28H52N2O6.2ClH/c1-24(2)16-20(17-25(3,4)29(24)35)28(23(33)34,15-13-11-9-10-12-14-22(31)32)21-18-26(5,6)30(36)27(7,8)19-21;;/h20-21,35-36H,9-19H2,1-8H3,(H,31,32)(H,33,34);2*1H/p-2. The Morgan fingerprint density at radius 1 is 0.684 bits per heavy atom. The van der Waals surface area contributed by atoms with Crippen LogP contribution in [0.15, 0.2) is 0 Å². The minimum absolute atomic E-state index is 0. The Bertz CT molecular complexity index is 724. The van der Waals surface area contributed by atoms with E-state index in [4.69, 9.17) is 0 Å². The average Bonchev–Trinajstić information content (AvgIpc) is 2.70. The molecule has 226 valence electrons. The van der Waals surface area contributed by atoms with E-state index in [1.165, 1.54) is 10.1 Å². The lowest BCUT2D eigenvalue weighted by molar-refractivity contribution is -0.338. The summed E-state index contributed by atoms with van der Waals surface area (Å²) in [5, 5.41) is 48.6. The fourth-order valence-corrected chi connectivity index (χ4v) is 7.66. The topological polar surface area (TPSA) is 127 Å². The smallest absolute Gasteiger partial charge is 0.0481 e. The maximum absolute atomic E-state index is 13.3. The number of aliphatic carboxylic acids is 2. The van der Waals surface area contributed by atoms with Gasteiger partial charge in [-0.05, 0) is 112 Å². The van der Waals surface area contributed by atoms with Gasteiger partial charge < -0.3 is 30.2 Å². The summed E-state index contributed by atoms with van der Waals surface area (Å²) >= 11 is 0. The number of carbonyl (C=O) groups is 2. The van der Waals surface area contributed by atoms with E-state index >= 15 is 0 Å². The molecule has 2 aliphatic heterocycles. The minimum Gasteiger partial charge on any atom is -0.550 e. The van der Waals surface area contributed by atoms with Gasteiger partial charge in [0.15, 0.2) is 0 Å². The fourth-order valence-electron chi connectivity index (χ4n) is 7.66. The summed E-state index contributed by atoms with van der Waals surface area (Å²) in [5.41, 5.74) is -3.49. The highest BCUT2D eigenvalue weighted by Gasteiger charge is 2.58. The average molecular weight is 584 g/mol. The van der Waals surface area contributed by atoms with E-state index < -0.39 is 39.5 Å². The van der Waals surface area contributed by atoms with Crippen LogP contribution in [-0.4, -0.2) is 54.6 Å². The van der Waals surface area contributed by atoms with E-state index in [1.54, 1.807) is 0 Å². The lowest BCUT2D eigenvalue weighted by Crippen LogP contribution is -2.67. The van der Waals surface area contributed by atoms with Crippen LogP contribution in [0.4, 0.5) is 0 Å². The summed E-state index contributed by atoms with van der Waals surface area (Å²) in [4.78, 5) is 24.0. The van der Waals surface area contributed by atoms with Crippen LogP contribution in [0.1, 0.15) is 126 Å². The van der Waals surface area contributed by atoms with E-state index in [0.717, 1.165) is 19.3 Å². The zero-order valence-electron chi connectivity index (χ0n) is 24.7. The van der Waals surface area contributed by atoms with Crippen molar-refractivity contribution in [1.82, 2.24) is 10.1 Å². The number of hydrogen-bond acceptors (Lipinski definition) is 8. The minimum atomic E-state index is -1.10. The van der Waals surface area contributed by atoms with Crippen molar-refractivity contribution in [2.45, 2.75) is 148 Å². The first-order valence-electron chi connectivity index (χ1n) is 13.7. The van der Waals surface area contributed by atoms with Crippen molar-refractivity contribution >= 4 is 36.8 Å². The number of carboxylic acid groups (broad SMARTS) is 2. The molecule has 0 bridgehead atoms. The number of piperidine rings is 2. The summed E-state index contributed by atoms with van der Waals surface area (Å²) in [7, 11) is 0. The second-order valence-corrected chi connectivity index (χ2v) is 14.1. The van der Waals surface area contributed by atoms with Crippen molar-refractivity contribution in [3.05, 3.63) is 0 Å². The van der Waals surface area contributed by atoms with E-state index in [1.807, 2.05) is 55.4 Å². The Hall–Kier alpha value is -0.640. The van der Waals surface area contributed by atoms with Crippen molar-refractivity contribution < 1.29 is 30.2 Å². The van der Waals surface area contributed by atoms with Gasteiger partial charge in [-0.1, -0.05) is 25.7 Å². The van der Waals surface area contributed by atoms with Crippen LogP contribution in [0.2, 0.25) is 0 Å². The van der Waals surface area contributed by atoms with Crippen molar-refractivity contribution in [3.63, 3.8) is 0 Å². The predicted octanol–water partition coefficient (Wildman–Crippen LogP) is 4.36. The van der Waals surface area contributed by atoms with Crippen LogP contribution < -0.4 is 10.2 Å². The van der Waals surface area contributed by atoms with Crippen LogP contribution in [0.25, 0.3) is 0 Å². The number of rotatable bonds is 11. The summed E-state index contributed by atoms with van der Waals surface area (Å²) in [6.07, 6.45) is 6.38. The summed E-state index contributed by atoms with van der Waals surface area (Å²) < 4.78 is 0. The van der Waals surface area contributed by atoms with Gasteiger partial charge in [-0.25, -0.2) is 0 Å². The molecule has 2 saturated heterocycles. The number of hydrogen-bond donors (Lipinski definition) is 2. The van der Waals surface area contributed by atoms with Gasteiger partial charge in [0, 0.05) is 39.5 Å². The Balaban J connectivity index is 0.00000684. The number of halogens is 2. The molecule has 2 fully saturated rings. The van der Waals surface area contributed by atoms with Gasteiger partial charge in [-0.3, -0.25) is 0 Å². The van der Waals surface area contributed by atoms with E-state index in [2.05, 4.69) is 0 Å². The van der Waals surface area contributed by atoms with Crippen LogP contribution in [0.3, 0.4) is 0 Å². The van der Waals surface area contributed by atoms with Crippen LogP contribution in [-0.2, 0) is 9.59 Å². The Labute approximate surface area is 242 Å². The van der Waals surface area contributed by atoms with Crippen molar-refractivity contribution in [1.29, 1.82) is 0 Å². The summed E-state index contributed by atoms with van der Waals surface area (Å²) in [6, 6.07) is 0. The van der Waals surface area contributed by atoms with E-state index in [-0.39, 0.29) is 43.1 Å². The lowest BCUT2D eigenvalue weighted by atomic mass is 9.52. The van der Waals surface area contributed by atoms with Gasteiger partial charge in [-0.15, -0.1) is 24.8 Å². The molecular formula is C28H52Cl2N2O6-2. The molecule has 2 heterocycles. The quantitative estimate of drug-likeness (QED) is 0.344. The van der Waals surface area contributed by atoms with Crippen LogP contribution in [0, 0.1) is 17.3 Å². The molecule has 0 atom stereocenters. The molecule has 0 spiro atoms. The molecule has 0 aromatic rings. The Morgan fingerprint density at radius 2 is 1.00 bits per heavy atom. The van der Waals surface area contributed by atoms with Gasteiger partial charge in [0.2, 0.25) is 0 Å². The molecule has 2 aliphatic rings. The lowest BCUT2D eigenvalue weighted by Gasteiger charge is -2.62. The SMILES string of the molecule is CC1(C)CC(C(CCCCCCCC(=O)[O-])(C(=O)[O-])C2CC(C)(C)N(O)C(C)(C)C2)CC(C)(C)N1O.Cl.Cl. The third-order valence-corrected chi connectivity index (χ3v) is 9.09. The van der Waals surface area contributed by atoms with Crippen molar-refractivity contribution in [2.24, 2.45) is 17.3 Å². The first-order chi connectivity index (χ1) is 16.3. The molecule has 0 aromatic carbocycles. The first-order valence-corrected chi connectivity index (χ1v) is 13.7. The fraction of sp³-hybridized carbons (Fsp3) is 0.929. The molecule has 0 amide bonds. The highest BCUT2D eigenvalue weighted by molar-refractivity contribution is 5.85. The number of unbranched alkanes of at least 4 members (excludes halogenated alkanes) is 4. The van der Waals surface area contributed by atoms with E-state index in [0.29, 0.717) is 44.9 Å². The zero-order chi connectivity index (χ0) is 27.7. The zero-order valence-corrected chi connectivity index (χ0v) is 26.3. The number of hydroxylamine groups is 4. The van der Waals surface area contributed by atoms with Crippen molar-refractivity contribution in [3.8, 4) is 0 Å². The predicted molar refractivity (Wildman–Crippen MR) is 148 cm³/mol. The second kappa shape index (κ2) is 13.3. The molecule has 0 aromatic heterocycles. The molecule has 0 aliphatic carbocycles. The van der Waals surface area contributed by atoms with Gasteiger partial charge in [-0.2, -0.15) is 10.1 Å². The maximum Gasteiger partial charge on any atom is 0.0481 e. The second-order valence-electron chi connectivity index (χ2n) is 14.1. The molecule has 0 unspecified atom stereocenters. The first kappa shape index (κ1) is 37.4. The summed E-state index contributed by atoms with van der Waals surface area (Å²) in [5.74, 6) is -2.45. The number of carboxylic acids is 2. The molecule has 2 N–H and O–H groups in total. The van der Waals surface area contributed by atoms with Gasteiger partial charge >= 0.3 is 0 Å². The van der Waals surface area contributed by atoms with Gasteiger partial charge in [0.1, 0.15) is 0 Å².